The van der Waals surface area contributed by atoms with Crippen molar-refractivity contribution in [2.75, 3.05) is 7.05 Å². The molecule has 1 aromatic rings. The average Bonchev–Trinajstić information content (AvgIpc) is 2.55. The molecule has 0 bridgehead atoms. The molecular weight excluding hydrogens is 276 g/mol. The van der Waals surface area contributed by atoms with Crippen molar-refractivity contribution < 1.29 is 9.59 Å². The van der Waals surface area contributed by atoms with Crippen molar-refractivity contribution in [3.05, 3.63) is 35.9 Å². The van der Waals surface area contributed by atoms with Gasteiger partial charge in [0.2, 0.25) is 5.91 Å². The first kappa shape index (κ1) is 16.5. The maximum Gasteiger partial charge on any atom is 0.251 e. The van der Waals surface area contributed by atoms with Gasteiger partial charge in [-0.25, -0.2) is 0 Å². The number of nitrogens with zero attached hydrogens (tertiary/aromatic N) is 1. The topological polar surface area (TPSA) is 49.4 Å². The fourth-order valence-corrected chi connectivity index (χ4v) is 3.03. The number of amides is 2. The number of nitrogens with one attached hydrogen (secondary N) is 1. The minimum Gasteiger partial charge on any atom is -0.349 e. The second-order valence-corrected chi connectivity index (χ2v) is 6.24. The summed E-state index contributed by atoms with van der Waals surface area (Å²) in [6, 6.07) is 9.31. The highest BCUT2D eigenvalue weighted by Crippen LogP contribution is 2.22. The van der Waals surface area contributed by atoms with Crippen LogP contribution in [0.25, 0.3) is 0 Å². The molecule has 2 amide bonds. The molecule has 0 aromatic heterocycles. The first-order chi connectivity index (χ1) is 10.6. The third-order valence-corrected chi connectivity index (χ3v) is 4.41. The highest BCUT2D eigenvalue weighted by molar-refractivity contribution is 5.94. The Balaban J connectivity index is 1.81. The van der Waals surface area contributed by atoms with Crippen LogP contribution in [0.15, 0.2) is 30.3 Å². The summed E-state index contributed by atoms with van der Waals surface area (Å²) in [6.07, 6.45) is 6.26. The maximum atomic E-state index is 12.3. The van der Waals surface area contributed by atoms with E-state index in [-0.39, 0.29) is 17.9 Å². The van der Waals surface area contributed by atoms with Gasteiger partial charge in [-0.1, -0.05) is 37.5 Å². The molecule has 22 heavy (non-hydrogen) atoms. The van der Waals surface area contributed by atoms with Crippen LogP contribution in [0.2, 0.25) is 0 Å². The van der Waals surface area contributed by atoms with E-state index in [1.165, 1.54) is 19.3 Å². The molecule has 0 spiro atoms. The highest BCUT2D eigenvalue weighted by Gasteiger charge is 2.23. The standard InChI is InChI=1S/C18H26N2O2/c1-14(19-18(22)15-9-5-3-6-10-15)13-17(21)20(2)16-11-7-4-8-12-16/h3,5-6,9-10,14,16H,4,7-8,11-13H2,1-2H3,(H,19,22). The van der Waals surface area contributed by atoms with Crippen molar-refractivity contribution in [2.24, 2.45) is 0 Å². The maximum absolute atomic E-state index is 12.3. The van der Waals surface area contributed by atoms with E-state index in [4.69, 9.17) is 0 Å². The van der Waals surface area contributed by atoms with Crippen molar-refractivity contribution in [1.82, 2.24) is 10.2 Å². The number of hydrogen-bond acceptors (Lipinski definition) is 2. The van der Waals surface area contributed by atoms with Crippen LogP contribution in [0, 0.1) is 0 Å². The summed E-state index contributed by atoms with van der Waals surface area (Å²) >= 11 is 0. The van der Waals surface area contributed by atoms with Crippen molar-refractivity contribution in [1.29, 1.82) is 0 Å². The molecule has 0 saturated heterocycles. The minimum atomic E-state index is -0.161. The molecular formula is C18H26N2O2. The summed E-state index contributed by atoms with van der Waals surface area (Å²) in [5.41, 5.74) is 0.627. The number of carbonyl (C=O) groups is 2. The van der Waals surface area contributed by atoms with Gasteiger partial charge in [0.1, 0.15) is 0 Å². The molecule has 1 N–H and O–H groups in total. The van der Waals surface area contributed by atoms with Crippen LogP contribution in [0.3, 0.4) is 0 Å². The molecule has 1 saturated carbocycles. The largest absolute Gasteiger partial charge is 0.349 e. The molecule has 1 aromatic carbocycles. The number of hydrogen-bond donors (Lipinski definition) is 1. The van der Waals surface area contributed by atoms with E-state index in [2.05, 4.69) is 5.32 Å². The van der Waals surface area contributed by atoms with Crippen LogP contribution in [0.5, 0.6) is 0 Å². The van der Waals surface area contributed by atoms with E-state index in [9.17, 15) is 9.59 Å². The fraction of sp³-hybridized carbons (Fsp3) is 0.556. The first-order valence-electron chi connectivity index (χ1n) is 8.19. The summed E-state index contributed by atoms with van der Waals surface area (Å²) < 4.78 is 0. The molecule has 1 aliphatic rings. The van der Waals surface area contributed by atoms with Gasteiger partial charge in [0.25, 0.3) is 5.91 Å². The van der Waals surface area contributed by atoms with Gasteiger partial charge in [-0.05, 0) is 31.9 Å². The van der Waals surface area contributed by atoms with Crippen molar-refractivity contribution in [3.8, 4) is 0 Å². The van der Waals surface area contributed by atoms with Crippen LogP contribution in [-0.4, -0.2) is 35.8 Å². The lowest BCUT2D eigenvalue weighted by Gasteiger charge is -2.32. The number of carbonyl (C=O) groups excluding carboxylic acids is 2. The fourth-order valence-electron chi connectivity index (χ4n) is 3.03. The van der Waals surface area contributed by atoms with Crippen molar-refractivity contribution >= 4 is 11.8 Å². The molecule has 4 nitrogen and oxygen atoms in total. The smallest absolute Gasteiger partial charge is 0.251 e. The summed E-state index contributed by atoms with van der Waals surface area (Å²) in [4.78, 5) is 26.3. The summed E-state index contributed by atoms with van der Waals surface area (Å²) in [6.45, 7) is 1.88. The van der Waals surface area contributed by atoms with E-state index in [1.54, 1.807) is 12.1 Å². The van der Waals surface area contributed by atoms with Gasteiger partial charge in [0.15, 0.2) is 0 Å². The van der Waals surface area contributed by atoms with Gasteiger partial charge in [-0.2, -0.15) is 0 Å². The summed E-state index contributed by atoms with van der Waals surface area (Å²) in [5.74, 6) is -0.00557. The number of rotatable bonds is 5. The first-order valence-corrected chi connectivity index (χ1v) is 8.19. The van der Waals surface area contributed by atoms with Gasteiger partial charge in [-0.15, -0.1) is 0 Å². The van der Waals surface area contributed by atoms with E-state index in [0.29, 0.717) is 18.0 Å². The lowest BCUT2D eigenvalue weighted by molar-refractivity contribution is -0.132. The van der Waals surface area contributed by atoms with Crippen molar-refractivity contribution in [3.63, 3.8) is 0 Å². The Morgan fingerprint density at radius 2 is 1.82 bits per heavy atom. The molecule has 0 aliphatic heterocycles. The van der Waals surface area contributed by atoms with E-state index >= 15 is 0 Å². The van der Waals surface area contributed by atoms with Gasteiger partial charge >= 0.3 is 0 Å². The normalized spacial score (nSPS) is 16.8. The van der Waals surface area contributed by atoms with Crippen molar-refractivity contribution in [2.45, 2.75) is 57.5 Å². The predicted octanol–water partition coefficient (Wildman–Crippen LogP) is 2.99. The predicted molar refractivity (Wildman–Crippen MR) is 87.6 cm³/mol. The van der Waals surface area contributed by atoms with Crippen LogP contribution < -0.4 is 5.32 Å². The molecule has 4 heteroatoms. The molecule has 120 valence electrons. The lowest BCUT2D eigenvalue weighted by Crippen LogP contribution is -2.42. The van der Waals surface area contributed by atoms with E-state index in [0.717, 1.165) is 12.8 Å². The number of benzene rings is 1. The van der Waals surface area contributed by atoms with Gasteiger partial charge in [-0.3, -0.25) is 9.59 Å². The quantitative estimate of drug-likeness (QED) is 0.909. The Labute approximate surface area is 132 Å². The lowest BCUT2D eigenvalue weighted by atomic mass is 9.94. The van der Waals surface area contributed by atoms with Gasteiger partial charge < -0.3 is 10.2 Å². The third kappa shape index (κ3) is 4.58. The van der Waals surface area contributed by atoms with Crippen LogP contribution in [0.1, 0.15) is 55.8 Å². The minimum absolute atomic E-state index is 0.118. The third-order valence-electron chi connectivity index (χ3n) is 4.41. The Morgan fingerprint density at radius 1 is 1.18 bits per heavy atom. The monoisotopic (exact) mass is 302 g/mol. The second-order valence-electron chi connectivity index (χ2n) is 6.24. The zero-order valence-corrected chi connectivity index (χ0v) is 13.5. The molecule has 1 fully saturated rings. The van der Waals surface area contributed by atoms with Crippen LogP contribution in [-0.2, 0) is 4.79 Å². The molecule has 0 radical (unpaired) electrons. The SMILES string of the molecule is CC(CC(=O)N(C)C1CCCCC1)NC(=O)c1ccccc1. The molecule has 2 rings (SSSR count). The van der Waals surface area contributed by atoms with Crippen LogP contribution >= 0.6 is 0 Å². The Bertz CT molecular complexity index is 495. The Kier molecular flexibility index (Phi) is 5.99. The van der Waals surface area contributed by atoms with Gasteiger partial charge in [0, 0.05) is 31.1 Å². The molecule has 0 heterocycles. The summed E-state index contributed by atoms with van der Waals surface area (Å²) in [5, 5.41) is 2.90. The Hall–Kier alpha value is -1.84. The van der Waals surface area contributed by atoms with E-state index in [1.807, 2.05) is 37.1 Å². The zero-order chi connectivity index (χ0) is 15.9. The summed E-state index contributed by atoms with van der Waals surface area (Å²) in [7, 11) is 1.89. The second kappa shape index (κ2) is 7.97. The van der Waals surface area contributed by atoms with Gasteiger partial charge in [0.05, 0.1) is 0 Å². The average molecular weight is 302 g/mol. The molecule has 1 atom stereocenters. The van der Waals surface area contributed by atoms with Crippen LogP contribution in [0.4, 0.5) is 0 Å². The zero-order valence-electron chi connectivity index (χ0n) is 13.5. The van der Waals surface area contributed by atoms with E-state index < -0.39 is 0 Å². The molecule has 1 unspecified atom stereocenters. The highest BCUT2D eigenvalue weighted by atomic mass is 16.2. The molecule has 1 aliphatic carbocycles. The Morgan fingerprint density at radius 3 is 2.45 bits per heavy atom.